The lowest BCUT2D eigenvalue weighted by Crippen LogP contribution is -2.57. The Kier molecular flexibility index (Phi) is 3.49. The summed E-state index contributed by atoms with van der Waals surface area (Å²) in [5, 5.41) is 18.0. The minimum absolute atomic E-state index is 0.0494. The molecule has 1 heterocycles. The van der Waals surface area contributed by atoms with Gasteiger partial charge in [-0.15, -0.1) is 0 Å². The molecule has 98 valence electrons. The second-order valence-electron chi connectivity index (χ2n) is 4.44. The van der Waals surface area contributed by atoms with Crippen molar-refractivity contribution in [3.63, 3.8) is 0 Å². The van der Waals surface area contributed by atoms with E-state index < -0.39 is 12.0 Å². The molecular formula is C13H13N3O3. The number of carboxylic acids is 1. The second-order valence-corrected chi connectivity index (χ2v) is 4.44. The third-order valence-corrected chi connectivity index (χ3v) is 3.15. The van der Waals surface area contributed by atoms with Crippen LogP contribution in [0, 0.1) is 11.3 Å². The lowest BCUT2D eigenvalue weighted by Gasteiger charge is -2.36. The SMILES string of the molecule is CN1CC(=O)N(c2cccc(C#N)c2)CC1C(=O)O. The van der Waals surface area contributed by atoms with Gasteiger partial charge in [-0.25, -0.2) is 0 Å². The van der Waals surface area contributed by atoms with Gasteiger partial charge in [0.1, 0.15) is 6.04 Å². The highest BCUT2D eigenvalue weighted by molar-refractivity contribution is 5.97. The fraction of sp³-hybridized carbons (Fsp3) is 0.308. The minimum Gasteiger partial charge on any atom is -0.480 e. The van der Waals surface area contributed by atoms with Crippen LogP contribution in [-0.4, -0.2) is 48.1 Å². The topological polar surface area (TPSA) is 84.6 Å². The standard InChI is InChI=1S/C13H13N3O3/c1-15-8-12(17)16(7-11(15)13(18)19)10-4-2-3-9(5-10)6-14/h2-5,11H,7-8H2,1H3,(H,18,19). The molecule has 1 fully saturated rings. The summed E-state index contributed by atoms with van der Waals surface area (Å²) in [6, 6.07) is 7.86. The summed E-state index contributed by atoms with van der Waals surface area (Å²) in [6.45, 7) is 0.132. The largest absolute Gasteiger partial charge is 0.480 e. The van der Waals surface area contributed by atoms with E-state index in [4.69, 9.17) is 10.4 Å². The predicted molar refractivity (Wildman–Crippen MR) is 67.6 cm³/mol. The van der Waals surface area contributed by atoms with Crippen LogP contribution in [0.25, 0.3) is 0 Å². The van der Waals surface area contributed by atoms with E-state index in [0.717, 1.165) is 0 Å². The van der Waals surface area contributed by atoms with E-state index in [0.29, 0.717) is 11.3 Å². The van der Waals surface area contributed by atoms with E-state index in [1.165, 1.54) is 9.80 Å². The first-order valence-corrected chi connectivity index (χ1v) is 5.76. The summed E-state index contributed by atoms with van der Waals surface area (Å²) in [7, 11) is 1.61. The number of carbonyl (C=O) groups excluding carboxylic acids is 1. The number of hydrogen-bond acceptors (Lipinski definition) is 4. The quantitative estimate of drug-likeness (QED) is 0.825. The summed E-state index contributed by atoms with van der Waals surface area (Å²) < 4.78 is 0. The van der Waals surface area contributed by atoms with Crippen LogP contribution in [-0.2, 0) is 9.59 Å². The molecule has 2 rings (SSSR count). The van der Waals surface area contributed by atoms with Gasteiger partial charge in [0.2, 0.25) is 5.91 Å². The molecule has 6 nitrogen and oxygen atoms in total. The van der Waals surface area contributed by atoms with Crippen molar-refractivity contribution >= 4 is 17.6 Å². The van der Waals surface area contributed by atoms with Gasteiger partial charge in [-0.3, -0.25) is 14.5 Å². The number of anilines is 1. The molecule has 1 aliphatic rings. The molecule has 1 atom stereocenters. The molecule has 0 saturated carbocycles. The smallest absolute Gasteiger partial charge is 0.322 e. The number of aliphatic carboxylic acids is 1. The summed E-state index contributed by atoms with van der Waals surface area (Å²) in [6.07, 6.45) is 0. The Bertz CT molecular complexity index is 564. The number of carboxylic acid groups (broad SMARTS) is 1. The third kappa shape index (κ3) is 2.56. The molecule has 0 spiro atoms. The zero-order valence-corrected chi connectivity index (χ0v) is 10.4. The Hall–Kier alpha value is -2.39. The number of amides is 1. The Morgan fingerprint density at radius 2 is 2.26 bits per heavy atom. The first-order chi connectivity index (χ1) is 9.02. The van der Waals surface area contributed by atoms with Gasteiger partial charge in [0, 0.05) is 5.69 Å². The highest BCUT2D eigenvalue weighted by Crippen LogP contribution is 2.20. The molecule has 1 unspecified atom stereocenters. The highest BCUT2D eigenvalue weighted by Gasteiger charge is 2.34. The highest BCUT2D eigenvalue weighted by atomic mass is 16.4. The molecule has 1 saturated heterocycles. The summed E-state index contributed by atoms with van der Waals surface area (Å²) in [5.74, 6) is -1.13. The lowest BCUT2D eigenvalue weighted by molar-refractivity contribution is -0.144. The van der Waals surface area contributed by atoms with Gasteiger partial charge in [-0.05, 0) is 25.2 Å². The van der Waals surface area contributed by atoms with Crippen LogP contribution in [0.2, 0.25) is 0 Å². The van der Waals surface area contributed by atoms with Crippen LogP contribution in [0.5, 0.6) is 0 Å². The number of rotatable bonds is 2. The molecule has 19 heavy (non-hydrogen) atoms. The van der Waals surface area contributed by atoms with Crippen molar-refractivity contribution in [2.75, 3.05) is 25.0 Å². The van der Waals surface area contributed by atoms with Gasteiger partial charge in [0.25, 0.3) is 0 Å². The Morgan fingerprint density at radius 3 is 2.89 bits per heavy atom. The van der Waals surface area contributed by atoms with Gasteiger partial charge in [-0.2, -0.15) is 5.26 Å². The molecule has 0 radical (unpaired) electrons. The Labute approximate surface area is 110 Å². The number of nitrogens with zero attached hydrogens (tertiary/aromatic N) is 3. The predicted octanol–water partition coefficient (Wildman–Crippen LogP) is 0.290. The van der Waals surface area contributed by atoms with Gasteiger partial charge in [0.15, 0.2) is 0 Å². The van der Waals surface area contributed by atoms with Gasteiger partial charge in [-0.1, -0.05) is 6.07 Å². The van der Waals surface area contributed by atoms with Gasteiger partial charge >= 0.3 is 5.97 Å². The molecule has 1 N–H and O–H groups in total. The zero-order chi connectivity index (χ0) is 14.0. The number of hydrogen-bond donors (Lipinski definition) is 1. The maximum absolute atomic E-state index is 12.0. The fourth-order valence-corrected chi connectivity index (χ4v) is 2.08. The Morgan fingerprint density at radius 1 is 1.53 bits per heavy atom. The molecular weight excluding hydrogens is 246 g/mol. The van der Waals surface area contributed by atoms with Crippen molar-refractivity contribution < 1.29 is 14.7 Å². The number of benzene rings is 1. The average Bonchev–Trinajstić information content (AvgIpc) is 2.38. The van der Waals surface area contributed by atoms with E-state index in [9.17, 15) is 9.59 Å². The van der Waals surface area contributed by atoms with Crippen molar-refractivity contribution in [2.24, 2.45) is 0 Å². The minimum atomic E-state index is -0.962. The zero-order valence-electron chi connectivity index (χ0n) is 10.4. The summed E-state index contributed by atoms with van der Waals surface area (Å²) >= 11 is 0. The van der Waals surface area contributed by atoms with E-state index in [1.807, 2.05) is 6.07 Å². The molecule has 0 aliphatic carbocycles. The van der Waals surface area contributed by atoms with Crippen molar-refractivity contribution in [3.05, 3.63) is 29.8 Å². The van der Waals surface area contributed by atoms with Crippen molar-refractivity contribution in [2.45, 2.75) is 6.04 Å². The third-order valence-electron chi connectivity index (χ3n) is 3.15. The summed E-state index contributed by atoms with van der Waals surface area (Å²) in [5.41, 5.74) is 1.000. The fourth-order valence-electron chi connectivity index (χ4n) is 2.08. The first-order valence-electron chi connectivity index (χ1n) is 5.76. The monoisotopic (exact) mass is 259 g/mol. The maximum Gasteiger partial charge on any atom is 0.322 e. The van der Waals surface area contributed by atoms with E-state index in [2.05, 4.69) is 0 Å². The lowest BCUT2D eigenvalue weighted by atomic mass is 10.1. The van der Waals surface area contributed by atoms with Crippen LogP contribution < -0.4 is 4.90 Å². The van der Waals surface area contributed by atoms with E-state index >= 15 is 0 Å². The number of piperazine rings is 1. The average molecular weight is 259 g/mol. The molecule has 1 aliphatic heterocycles. The maximum atomic E-state index is 12.0. The van der Waals surface area contributed by atoms with Crippen molar-refractivity contribution in [1.29, 1.82) is 5.26 Å². The van der Waals surface area contributed by atoms with Gasteiger partial charge in [0.05, 0.1) is 24.7 Å². The molecule has 0 aromatic heterocycles. The molecule has 6 heteroatoms. The second kappa shape index (κ2) is 5.08. The van der Waals surface area contributed by atoms with Crippen molar-refractivity contribution in [1.82, 2.24) is 4.90 Å². The van der Waals surface area contributed by atoms with Crippen LogP contribution in [0.1, 0.15) is 5.56 Å². The van der Waals surface area contributed by atoms with E-state index in [-0.39, 0.29) is 19.0 Å². The molecule has 0 bridgehead atoms. The normalized spacial score (nSPS) is 20.1. The van der Waals surface area contributed by atoms with Gasteiger partial charge < -0.3 is 10.0 Å². The first kappa shape index (κ1) is 13.1. The molecule has 1 aromatic carbocycles. The van der Waals surface area contributed by atoms with Crippen LogP contribution in [0.3, 0.4) is 0 Å². The Balaban J connectivity index is 2.30. The van der Waals surface area contributed by atoms with Crippen molar-refractivity contribution in [3.8, 4) is 6.07 Å². The van der Waals surface area contributed by atoms with Crippen LogP contribution in [0.15, 0.2) is 24.3 Å². The number of nitriles is 1. The molecule has 1 amide bonds. The molecule has 1 aromatic rings. The van der Waals surface area contributed by atoms with Crippen LogP contribution >= 0.6 is 0 Å². The summed E-state index contributed by atoms with van der Waals surface area (Å²) in [4.78, 5) is 26.0. The number of carbonyl (C=O) groups is 2. The van der Waals surface area contributed by atoms with Crippen LogP contribution in [0.4, 0.5) is 5.69 Å². The van der Waals surface area contributed by atoms with E-state index in [1.54, 1.807) is 31.3 Å². The number of likely N-dealkylation sites (N-methyl/N-ethyl adjacent to an activating group) is 1.